The van der Waals surface area contributed by atoms with Crippen LogP contribution in [0.2, 0.25) is 10.0 Å². The van der Waals surface area contributed by atoms with Gasteiger partial charge in [-0.25, -0.2) is 8.42 Å². The number of halogens is 2. The minimum absolute atomic E-state index is 0.00368. The van der Waals surface area contributed by atoms with E-state index in [-0.39, 0.29) is 39.5 Å². The lowest BCUT2D eigenvalue weighted by Crippen LogP contribution is -2.53. The van der Waals surface area contributed by atoms with Crippen molar-refractivity contribution in [1.82, 2.24) is 10.2 Å². The molecular weight excluding hydrogens is 629 g/mol. The van der Waals surface area contributed by atoms with Crippen molar-refractivity contribution in [1.29, 1.82) is 0 Å². The highest BCUT2D eigenvalue weighted by Gasteiger charge is 2.35. The lowest BCUT2D eigenvalue weighted by atomic mass is 10.0. The Morgan fingerprint density at radius 2 is 1.47 bits per heavy atom. The van der Waals surface area contributed by atoms with E-state index in [4.69, 9.17) is 23.2 Å². The summed E-state index contributed by atoms with van der Waals surface area (Å²) in [5.74, 6) is -0.876. The van der Waals surface area contributed by atoms with Crippen LogP contribution in [0, 0.1) is 13.8 Å². The van der Waals surface area contributed by atoms with Gasteiger partial charge in [0.25, 0.3) is 10.0 Å². The predicted octanol–water partition coefficient (Wildman–Crippen LogP) is 6.97. The fourth-order valence-electron chi connectivity index (χ4n) is 4.94. The maximum Gasteiger partial charge on any atom is 0.264 e. The van der Waals surface area contributed by atoms with Crippen molar-refractivity contribution in [3.05, 3.63) is 129 Å². The second kappa shape index (κ2) is 15.4. The number of benzene rings is 4. The number of aryl methyl sites for hydroxylation is 2. The number of anilines is 1. The van der Waals surface area contributed by atoms with Gasteiger partial charge in [-0.1, -0.05) is 102 Å². The first-order valence-corrected chi connectivity index (χ1v) is 16.9. The van der Waals surface area contributed by atoms with Gasteiger partial charge in [-0.3, -0.25) is 13.9 Å². The quantitative estimate of drug-likeness (QED) is 0.167. The Kier molecular flexibility index (Phi) is 11.7. The molecule has 45 heavy (non-hydrogen) atoms. The molecule has 2 amide bonds. The molecule has 4 rings (SSSR count). The number of nitrogens with one attached hydrogen (secondary N) is 1. The molecule has 0 heterocycles. The first-order valence-electron chi connectivity index (χ1n) is 14.7. The zero-order valence-corrected chi connectivity index (χ0v) is 27.9. The second-order valence-electron chi connectivity index (χ2n) is 10.9. The van der Waals surface area contributed by atoms with E-state index in [0.717, 1.165) is 26.6 Å². The Hall–Kier alpha value is -3.85. The number of amides is 2. The van der Waals surface area contributed by atoms with Crippen molar-refractivity contribution < 1.29 is 18.0 Å². The van der Waals surface area contributed by atoms with E-state index < -0.39 is 28.5 Å². The van der Waals surface area contributed by atoms with Crippen LogP contribution >= 0.6 is 23.2 Å². The van der Waals surface area contributed by atoms with Crippen LogP contribution < -0.4 is 9.62 Å². The van der Waals surface area contributed by atoms with Crippen molar-refractivity contribution >= 4 is 50.7 Å². The van der Waals surface area contributed by atoms with Gasteiger partial charge in [-0.15, -0.1) is 0 Å². The molecule has 0 aliphatic heterocycles. The molecule has 0 saturated heterocycles. The highest BCUT2D eigenvalue weighted by atomic mass is 35.5. The summed E-state index contributed by atoms with van der Waals surface area (Å²) in [7, 11) is -4.27. The number of carbonyl (C=O) groups excluding carboxylic acids is 2. The van der Waals surface area contributed by atoms with Crippen LogP contribution in [0.4, 0.5) is 5.69 Å². The molecule has 0 bridgehead atoms. The van der Waals surface area contributed by atoms with Gasteiger partial charge in [0.2, 0.25) is 11.8 Å². The topological polar surface area (TPSA) is 86.8 Å². The number of carbonyl (C=O) groups is 2. The number of rotatable bonds is 13. The Labute approximate surface area is 275 Å². The van der Waals surface area contributed by atoms with Crippen molar-refractivity contribution in [3.63, 3.8) is 0 Å². The summed E-state index contributed by atoms with van der Waals surface area (Å²) in [6, 6.07) is 26.9. The normalized spacial score (nSPS) is 11.9. The zero-order valence-electron chi connectivity index (χ0n) is 25.5. The molecule has 0 aliphatic rings. The third kappa shape index (κ3) is 8.87. The molecule has 0 aromatic heterocycles. The van der Waals surface area contributed by atoms with Crippen LogP contribution in [-0.4, -0.2) is 44.3 Å². The van der Waals surface area contributed by atoms with Gasteiger partial charge in [0.15, 0.2) is 0 Å². The average molecular weight is 667 g/mol. The molecule has 236 valence electrons. The van der Waals surface area contributed by atoms with Crippen LogP contribution in [-0.2, 0) is 32.6 Å². The Balaban J connectivity index is 1.83. The third-order valence-corrected chi connectivity index (χ3v) is 9.67. The molecular formula is C35H37Cl2N3O4S. The summed E-state index contributed by atoms with van der Waals surface area (Å²) >= 11 is 12.6. The second-order valence-corrected chi connectivity index (χ2v) is 13.6. The van der Waals surface area contributed by atoms with Gasteiger partial charge >= 0.3 is 0 Å². The Morgan fingerprint density at radius 3 is 2.09 bits per heavy atom. The monoisotopic (exact) mass is 665 g/mol. The molecule has 1 atom stereocenters. The van der Waals surface area contributed by atoms with Crippen LogP contribution in [0.3, 0.4) is 0 Å². The molecule has 4 aromatic carbocycles. The van der Waals surface area contributed by atoms with Crippen molar-refractivity contribution in [2.24, 2.45) is 0 Å². The molecule has 0 saturated carbocycles. The fraction of sp³-hybridized carbons (Fsp3) is 0.257. The van der Waals surface area contributed by atoms with E-state index >= 15 is 0 Å². The number of nitrogens with zero attached hydrogens (tertiary/aromatic N) is 2. The average Bonchev–Trinajstić information content (AvgIpc) is 3.01. The molecule has 1 N–H and O–H groups in total. The highest BCUT2D eigenvalue weighted by molar-refractivity contribution is 7.92. The molecule has 4 aromatic rings. The standard InChI is InChI=1S/C35H37Cl2N3O4S/c1-4-18-38-35(42)33(19-27-11-6-5-7-12-27)39(23-28-13-9-8-10-26(28)3)34(41)24-40(31-21-29(36)20-30(37)22-31)45(43,44)32-16-14-25(2)15-17-32/h5-17,20-22,33H,4,18-19,23-24H2,1-3H3,(H,38,42)/t33-/m1/s1. The van der Waals surface area contributed by atoms with E-state index in [1.54, 1.807) is 12.1 Å². The van der Waals surface area contributed by atoms with Crippen LogP contribution in [0.5, 0.6) is 0 Å². The van der Waals surface area contributed by atoms with E-state index in [2.05, 4.69) is 5.32 Å². The first-order chi connectivity index (χ1) is 21.5. The van der Waals surface area contributed by atoms with Crippen molar-refractivity contribution in [3.8, 4) is 0 Å². The lowest BCUT2D eigenvalue weighted by molar-refractivity contribution is -0.140. The summed E-state index contributed by atoms with van der Waals surface area (Å²) in [5.41, 5.74) is 3.66. The van der Waals surface area contributed by atoms with Crippen LogP contribution in [0.1, 0.15) is 35.6 Å². The van der Waals surface area contributed by atoms with Crippen LogP contribution in [0.15, 0.2) is 102 Å². The largest absolute Gasteiger partial charge is 0.354 e. The molecule has 0 radical (unpaired) electrons. The van der Waals surface area contributed by atoms with Crippen LogP contribution in [0.25, 0.3) is 0 Å². The zero-order chi connectivity index (χ0) is 32.6. The number of hydrogen-bond acceptors (Lipinski definition) is 4. The maximum atomic E-state index is 14.5. The summed E-state index contributed by atoms with van der Waals surface area (Å²) < 4.78 is 29.3. The van der Waals surface area contributed by atoms with E-state index in [9.17, 15) is 18.0 Å². The van der Waals surface area contributed by atoms with E-state index in [0.29, 0.717) is 13.0 Å². The molecule has 7 nitrogen and oxygen atoms in total. The smallest absolute Gasteiger partial charge is 0.264 e. The minimum atomic E-state index is -4.27. The van der Waals surface area contributed by atoms with E-state index in [1.165, 1.54) is 35.2 Å². The number of hydrogen-bond donors (Lipinski definition) is 1. The fourth-order valence-corrected chi connectivity index (χ4v) is 6.85. The minimum Gasteiger partial charge on any atom is -0.354 e. The Morgan fingerprint density at radius 1 is 0.844 bits per heavy atom. The highest BCUT2D eigenvalue weighted by Crippen LogP contribution is 2.30. The van der Waals surface area contributed by atoms with Gasteiger partial charge in [0.05, 0.1) is 10.6 Å². The summed E-state index contributed by atoms with van der Waals surface area (Å²) in [5, 5.41) is 3.38. The van der Waals surface area contributed by atoms with Crippen molar-refractivity contribution in [2.45, 2.75) is 51.1 Å². The van der Waals surface area contributed by atoms with E-state index in [1.807, 2.05) is 75.4 Å². The summed E-state index contributed by atoms with van der Waals surface area (Å²) in [4.78, 5) is 29.8. The Bertz CT molecular complexity index is 1710. The third-order valence-electron chi connectivity index (χ3n) is 7.45. The summed E-state index contributed by atoms with van der Waals surface area (Å²) in [6.45, 7) is 5.68. The molecule has 0 spiro atoms. The van der Waals surface area contributed by atoms with Gasteiger partial charge in [0.1, 0.15) is 12.6 Å². The molecule has 0 unspecified atom stereocenters. The molecule has 0 aliphatic carbocycles. The van der Waals surface area contributed by atoms with Gasteiger partial charge < -0.3 is 10.2 Å². The lowest BCUT2D eigenvalue weighted by Gasteiger charge is -2.34. The molecule has 10 heteroatoms. The first kappa shape index (κ1) is 34.0. The predicted molar refractivity (Wildman–Crippen MR) is 181 cm³/mol. The summed E-state index contributed by atoms with van der Waals surface area (Å²) in [6.07, 6.45) is 0.954. The SMILES string of the molecule is CCCNC(=O)[C@@H](Cc1ccccc1)N(Cc1ccccc1C)C(=O)CN(c1cc(Cl)cc(Cl)c1)S(=O)(=O)c1ccc(C)cc1. The van der Waals surface area contributed by atoms with Gasteiger partial charge in [-0.05, 0) is 67.3 Å². The number of sulfonamides is 1. The molecule has 0 fully saturated rings. The van der Waals surface area contributed by atoms with Gasteiger partial charge in [0, 0.05) is 29.6 Å². The van der Waals surface area contributed by atoms with Gasteiger partial charge in [-0.2, -0.15) is 0 Å². The van der Waals surface area contributed by atoms with Crippen molar-refractivity contribution in [2.75, 3.05) is 17.4 Å². The maximum absolute atomic E-state index is 14.5.